The molecule has 3 rings (SSSR count). The minimum Gasteiger partial charge on any atom is -0.480 e. The van der Waals surface area contributed by atoms with Crippen LogP contribution < -0.4 is 0 Å². The number of carbonyl (C=O) groups is 1. The van der Waals surface area contributed by atoms with Crippen LogP contribution in [-0.2, 0) is 11.3 Å². The number of aliphatic carboxylic acids is 1. The number of para-hydroxylation sites is 1. The van der Waals surface area contributed by atoms with E-state index >= 15 is 0 Å². The second-order valence-electron chi connectivity index (χ2n) is 5.08. The molecule has 5 heteroatoms. The van der Waals surface area contributed by atoms with Crippen LogP contribution in [0.1, 0.15) is 17.8 Å². The molecule has 1 aliphatic carbocycles. The van der Waals surface area contributed by atoms with E-state index in [9.17, 15) is 4.79 Å². The lowest BCUT2D eigenvalue weighted by Crippen LogP contribution is -2.31. The molecule has 1 saturated carbocycles. The lowest BCUT2D eigenvalue weighted by atomic mass is 10.3. The number of fused-ring (bicyclic) bond motifs is 1. The minimum absolute atomic E-state index is 0.104. The van der Waals surface area contributed by atoms with Crippen LogP contribution in [0.5, 0.6) is 0 Å². The van der Waals surface area contributed by atoms with Crippen molar-refractivity contribution in [3.63, 3.8) is 0 Å². The lowest BCUT2D eigenvalue weighted by Gasteiger charge is -2.18. The molecule has 1 heterocycles. The molecular formula is C14H16N2O2S. The number of aromatic nitrogens is 1. The molecular weight excluding hydrogens is 260 g/mol. The second kappa shape index (κ2) is 5.27. The van der Waals surface area contributed by atoms with E-state index in [4.69, 9.17) is 5.11 Å². The van der Waals surface area contributed by atoms with Crippen molar-refractivity contribution in [3.05, 3.63) is 29.3 Å². The molecule has 4 nitrogen and oxygen atoms in total. The molecule has 1 fully saturated rings. The highest BCUT2D eigenvalue weighted by Gasteiger charge is 2.25. The van der Waals surface area contributed by atoms with Gasteiger partial charge in [0.1, 0.15) is 5.01 Å². The summed E-state index contributed by atoms with van der Waals surface area (Å²) in [5.41, 5.74) is 1.00. The Morgan fingerprint density at radius 1 is 1.42 bits per heavy atom. The van der Waals surface area contributed by atoms with Gasteiger partial charge in [-0.1, -0.05) is 12.1 Å². The van der Waals surface area contributed by atoms with Crippen molar-refractivity contribution in [3.8, 4) is 0 Å². The Morgan fingerprint density at radius 2 is 2.21 bits per heavy atom. The van der Waals surface area contributed by atoms with Crippen molar-refractivity contribution >= 4 is 27.5 Å². The Bertz CT molecular complexity index is 559. The minimum atomic E-state index is -0.762. The van der Waals surface area contributed by atoms with Gasteiger partial charge in [0.2, 0.25) is 0 Å². The van der Waals surface area contributed by atoms with Crippen molar-refractivity contribution < 1.29 is 9.90 Å². The van der Waals surface area contributed by atoms with Gasteiger partial charge < -0.3 is 5.11 Å². The Kier molecular flexibility index (Phi) is 3.48. The van der Waals surface area contributed by atoms with Gasteiger partial charge in [0.25, 0.3) is 0 Å². The number of benzene rings is 1. The third-order valence-electron chi connectivity index (χ3n) is 3.27. The highest BCUT2D eigenvalue weighted by molar-refractivity contribution is 7.18. The summed E-state index contributed by atoms with van der Waals surface area (Å²) in [5, 5.41) is 9.98. The Balaban J connectivity index is 1.73. The molecule has 1 aromatic heterocycles. The molecule has 0 radical (unpaired) electrons. The average molecular weight is 276 g/mol. The summed E-state index contributed by atoms with van der Waals surface area (Å²) >= 11 is 1.65. The van der Waals surface area contributed by atoms with Crippen LogP contribution in [0, 0.1) is 5.92 Å². The van der Waals surface area contributed by atoms with Gasteiger partial charge in [0.05, 0.1) is 23.3 Å². The smallest absolute Gasteiger partial charge is 0.317 e. The van der Waals surface area contributed by atoms with Crippen LogP contribution >= 0.6 is 11.3 Å². The van der Waals surface area contributed by atoms with Gasteiger partial charge in [0.15, 0.2) is 0 Å². The fourth-order valence-corrected chi connectivity index (χ4v) is 3.23. The predicted octanol–water partition coefficient (Wildman–Crippen LogP) is 2.59. The number of carboxylic acid groups (broad SMARTS) is 1. The number of nitrogens with zero attached hydrogens (tertiary/aromatic N) is 2. The highest BCUT2D eigenvalue weighted by Crippen LogP contribution is 2.30. The van der Waals surface area contributed by atoms with Crippen LogP contribution in [0.3, 0.4) is 0 Å². The second-order valence-corrected chi connectivity index (χ2v) is 6.20. The van der Waals surface area contributed by atoms with Crippen molar-refractivity contribution in [2.24, 2.45) is 5.92 Å². The first kappa shape index (κ1) is 12.6. The van der Waals surface area contributed by atoms with Crippen molar-refractivity contribution in [1.29, 1.82) is 0 Å². The Hall–Kier alpha value is -1.46. The largest absolute Gasteiger partial charge is 0.480 e. The summed E-state index contributed by atoms with van der Waals surface area (Å²) in [6.45, 7) is 1.62. The molecule has 0 bridgehead atoms. The molecule has 19 heavy (non-hydrogen) atoms. The topological polar surface area (TPSA) is 53.4 Å². The fraction of sp³-hybridized carbons (Fsp3) is 0.429. The SMILES string of the molecule is O=C(O)CN(Cc1nc2ccccc2s1)CC1CC1. The van der Waals surface area contributed by atoms with Crippen molar-refractivity contribution in [2.75, 3.05) is 13.1 Å². The molecule has 0 amide bonds. The van der Waals surface area contributed by atoms with Crippen LogP contribution in [0.15, 0.2) is 24.3 Å². The number of thiazole rings is 1. The van der Waals surface area contributed by atoms with E-state index in [1.807, 2.05) is 23.1 Å². The first-order chi connectivity index (χ1) is 9.20. The normalized spacial score (nSPS) is 15.2. The van der Waals surface area contributed by atoms with Gasteiger partial charge in [0, 0.05) is 6.54 Å². The monoisotopic (exact) mass is 276 g/mol. The molecule has 0 saturated heterocycles. The third kappa shape index (κ3) is 3.30. The zero-order chi connectivity index (χ0) is 13.2. The molecule has 2 aromatic rings. The van der Waals surface area contributed by atoms with Crippen LogP contribution in [0.2, 0.25) is 0 Å². The predicted molar refractivity (Wildman–Crippen MR) is 75.3 cm³/mol. The lowest BCUT2D eigenvalue weighted by molar-refractivity contribution is -0.138. The highest BCUT2D eigenvalue weighted by atomic mass is 32.1. The zero-order valence-corrected chi connectivity index (χ0v) is 11.4. The summed E-state index contributed by atoms with van der Waals surface area (Å²) in [6.07, 6.45) is 2.46. The molecule has 0 aliphatic heterocycles. The summed E-state index contributed by atoms with van der Waals surface area (Å²) in [7, 11) is 0. The third-order valence-corrected chi connectivity index (χ3v) is 4.29. The van der Waals surface area contributed by atoms with E-state index < -0.39 is 5.97 Å². The van der Waals surface area contributed by atoms with Crippen LogP contribution in [0.4, 0.5) is 0 Å². The number of rotatable bonds is 6. The maximum Gasteiger partial charge on any atom is 0.317 e. The van der Waals surface area contributed by atoms with Gasteiger partial charge in [-0.3, -0.25) is 9.69 Å². The van der Waals surface area contributed by atoms with Crippen molar-refractivity contribution in [2.45, 2.75) is 19.4 Å². The van der Waals surface area contributed by atoms with Gasteiger partial charge >= 0.3 is 5.97 Å². The average Bonchev–Trinajstić information content (AvgIpc) is 3.06. The number of carboxylic acids is 1. The number of hydrogen-bond donors (Lipinski definition) is 1. The van der Waals surface area contributed by atoms with E-state index in [1.54, 1.807) is 11.3 Å². The van der Waals surface area contributed by atoms with E-state index in [0.29, 0.717) is 12.5 Å². The van der Waals surface area contributed by atoms with Crippen LogP contribution in [0.25, 0.3) is 10.2 Å². The number of hydrogen-bond acceptors (Lipinski definition) is 4. The first-order valence-corrected chi connectivity index (χ1v) is 7.31. The van der Waals surface area contributed by atoms with E-state index in [-0.39, 0.29) is 6.54 Å². The summed E-state index contributed by atoms with van der Waals surface area (Å²) in [6, 6.07) is 8.03. The van der Waals surface area contributed by atoms with Gasteiger partial charge in [-0.25, -0.2) is 4.98 Å². The fourth-order valence-electron chi connectivity index (χ4n) is 2.22. The maximum absolute atomic E-state index is 10.9. The molecule has 0 spiro atoms. The summed E-state index contributed by atoms with van der Waals surface area (Å²) in [4.78, 5) is 17.5. The Labute approximate surface area is 115 Å². The van der Waals surface area contributed by atoms with Gasteiger partial charge in [-0.2, -0.15) is 0 Å². The van der Waals surface area contributed by atoms with Crippen LogP contribution in [-0.4, -0.2) is 34.0 Å². The van der Waals surface area contributed by atoms with Crippen molar-refractivity contribution in [1.82, 2.24) is 9.88 Å². The summed E-state index contributed by atoms with van der Waals surface area (Å²) in [5.74, 6) is -0.0736. The quantitative estimate of drug-likeness (QED) is 0.881. The molecule has 0 atom stereocenters. The maximum atomic E-state index is 10.9. The molecule has 1 N–H and O–H groups in total. The van der Waals surface area contributed by atoms with E-state index in [0.717, 1.165) is 17.1 Å². The first-order valence-electron chi connectivity index (χ1n) is 6.49. The molecule has 1 aliphatic rings. The van der Waals surface area contributed by atoms with Gasteiger partial charge in [-0.05, 0) is 30.9 Å². The Morgan fingerprint density at radius 3 is 2.89 bits per heavy atom. The molecule has 1 aromatic carbocycles. The summed E-state index contributed by atoms with van der Waals surface area (Å²) < 4.78 is 1.17. The van der Waals surface area contributed by atoms with E-state index in [1.165, 1.54) is 17.5 Å². The standard InChI is InChI=1S/C14H16N2O2S/c17-14(18)9-16(7-10-5-6-10)8-13-15-11-3-1-2-4-12(11)19-13/h1-4,10H,5-9H2,(H,17,18). The van der Waals surface area contributed by atoms with E-state index in [2.05, 4.69) is 11.1 Å². The molecule has 100 valence electrons. The van der Waals surface area contributed by atoms with Gasteiger partial charge in [-0.15, -0.1) is 11.3 Å². The molecule has 0 unspecified atom stereocenters. The zero-order valence-electron chi connectivity index (χ0n) is 10.6.